The lowest BCUT2D eigenvalue weighted by atomic mass is 10.2. The van der Waals surface area contributed by atoms with Crippen molar-refractivity contribution in [1.82, 2.24) is 20.2 Å². The van der Waals surface area contributed by atoms with Crippen molar-refractivity contribution >= 4 is 22.4 Å². The Labute approximate surface area is 146 Å². The lowest BCUT2D eigenvalue weighted by Gasteiger charge is -2.12. The summed E-state index contributed by atoms with van der Waals surface area (Å²) in [5.41, 5.74) is 4.88. The summed E-state index contributed by atoms with van der Waals surface area (Å²) in [6.45, 7) is 7.41. The number of hydrogen-bond acceptors (Lipinski definition) is 4. The SMILES string of the molecule is Cc1ccc2nc(CNCc3cc(CN4CCCC4)cs3)[nH]c2c1. The molecule has 1 fully saturated rings. The zero-order valence-electron chi connectivity index (χ0n) is 14.1. The molecule has 0 radical (unpaired) electrons. The summed E-state index contributed by atoms with van der Waals surface area (Å²) >= 11 is 1.86. The minimum absolute atomic E-state index is 0.771. The Morgan fingerprint density at radius 1 is 1.21 bits per heavy atom. The van der Waals surface area contributed by atoms with Gasteiger partial charge in [0.1, 0.15) is 5.82 Å². The van der Waals surface area contributed by atoms with Gasteiger partial charge in [-0.05, 0) is 67.6 Å². The van der Waals surface area contributed by atoms with Gasteiger partial charge >= 0.3 is 0 Å². The van der Waals surface area contributed by atoms with Crippen molar-refractivity contribution in [1.29, 1.82) is 0 Å². The first kappa shape index (κ1) is 15.8. The average Bonchev–Trinajstić information content (AvgIpc) is 3.28. The molecular weight excluding hydrogens is 316 g/mol. The quantitative estimate of drug-likeness (QED) is 0.717. The van der Waals surface area contributed by atoms with Gasteiger partial charge in [0.15, 0.2) is 0 Å². The fourth-order valence-electron chi connectivity index (χ4n) is 3.36. The average molecular weight is 340 g/mol. The lowest BCUT2D eigenvalue weighted by molar-refractivity contribution is 0.332. The molecule has 0 unspecified atom stereocenters. The van der Waals surface area contributed by atoms with Crippen LogP contribution in [0.2, 0.25) is 0 Å². The molecule has 24 heavy (non-hydrogen) atoms. The van der Waals surface area contributed by atoms with Gasteiger partial charge in [0, 0.05) is 18.0 Å². The lowest BCUT2D eigenvalue weighted by Crippen LogP contribution is -2.17. The van der Waals surface area contributed by atoms with E-state index in [1.807, 2.05) is 11.3 Å². The molecule has 2 N–H and O–H groups in total. The maximum atomic E-state index is 4.64. The van der Waals surface area contributed by atoms with Crippen molar-refractivity contribution in [3.8, 4) is 0 Å². The van der Waals surface area contributed by atoms with E-state index in [9.17, 15) is 0 Å². The van der Waals surface area contributed by atoms with Crippen molar-refractivity contribution in [3.05, 3.63) is 51.5 Å². The van der Waals surface area contributed by atoms with Crippen molar-refractivity contribution in [3.63, 3.8) is 0 Å². The van der Waals surface area contributed by atoms with E-state index >= 15 is 0 Å². The van der Waals surface area contributed by atoms with Crippen LogP contribution in [0.15, 0.2) is 29.6 Å². The molecule has 5 heteroatoms. The summed E-state index contributed by atoms with van der Waals surface area (Å²) in [6.07, 6.45) is 2.71. The molecule has 0 amide bonds. The van der Waals surface area contributed by atoms with Crippen molar-refractivity contribution < 1.29 is 0 Å². The van der Waals surface area contributed by atoms with Crippen LogP contribution in [0, 0.1) is 6.92 Å². The van der Waals surface area contributed by atoms with Gasteiger partial charge < -0.3 is 10.3 Å². The third-order valence-electron chi connectivity index (χ3n) is 4.59. The molecule has 0 aliphatic carbocycles. The molecule has 1 aromatic carbocycles. The Bertz CT molecular complexity index is 814. The fourth-order valence-corrected chi connectivity index (χ4v) is 4.22. The molecule has 0 spiro atoms. The largest absolute Gasteiger partial charge is 0.341 e. The standard InChI is InChI=1S/C19H24N4S/c1-14-4-5-17-18(8-14)22-19(21-17)11-20-10-16-9-15(13-24-16)12-23-6-2-3-7-23/h4-5,8-9,13,20H,2-3,6-7,10-12H2,1H3,(H,21,22). The number of fused-ring (bicyclic) bond motifs is 1. The Kier molecular flexibility index (Phi) is 4.65. The topological polar surface area (TPSA) is 44.0 Å². The van der Waals surface area contributed by atoms with Crippen LogP contribution < -0.4 is 5.32 Å². The van der Waals surface area contributed by atoms with E-state index in [4.69, 9.17) is 0 Å². The highest BCUT2D eigenvalue weighted by Crippen LogP contribution is 2.19. The molecule has 4 nitrogen and oxygen atoms in total. The Morgan fingerprint density at radius 3 is 2.96 bits per heavy atom. The molecular formula is C19H24N4S. The number of rotatable bonds is 6. The van der Waals surface area contributed by atoms with E-state index in [0.29, 0.717) is 0 Å². The number of aromatic nitrogens is 2. The third kappa shape index (κ3) is 3.69. The highest BCUT2D eigenvalue weighted by Gasteiger charge is 2.12. The van der Waals surface area contributed by atoms with Gasteiger partial charge in [0.25, 0.3) is 0 Å². The van der Waals surface area contributed by atoms with Gasteiger partial charge in [-0.2, -0.15) is 0 Å². The van der Waals surface area contributed by atoms with Crippen molar-refractivity contribution in [2.75, 3.05) is 13.1 Å². The van der Waals surface area contributed by atoms with Gasteiger partial charge in [-0.1, -0.05) is 6.07 Å². The predicted molar refractivity (Wildman–Crippen MR) is 100 cm³/mol. The third-order valence-corrected chi connectivity index (χ3v) is 5.58. The number of H-pyrrole nitrogens is 1. The zero-order chi connectivity index (χ0) is 16.4. The Morgan fingerprint density at radius 2 is 2.08 bits per heavy atom. The molecule has 4 rings (SSSR count). The normalized spacial score (nSPS) is 15.5. The number of thiophene rings is 1. The van der Waals surface area contributed by atoms with E-state index in [1.54, 1.807) is 0 Å². The van der Waals surface area contributed by atoms with Gasteiger partial charge in [0.2, 0.25) is 0 Å². The summed E-state index contributed by atoms with van der Waals surface area (Å²) in [7, 11) is 0. The number of likely N-dealkylation sites (tertiary alicyclic amines) is 1. The molecule has 1 aliphatic heterocycles. The predicted octanol–water partition coefficient (Wildman–Crippen LogP) is 3.82. The van der Waals surface area contributed by atoms with E-state index < -0.39 is 0 Å². The first-order valence-corrected chi connectivity index (χ1v) is 9.59. The van der Waals surface area contributed by atoms with Crippen LogP contribution in [0.25, 0.3) is 11.0 Å². The van der Waals surface area contributed by atoms with Crippen LogP contribution in [-0.2, 0) is 19.6 Å². The molecule has 1 saturated heterocycles. The minimum Gasteiger partial charge on any atom is -0.341 e. The van der Waals surface area contributed by atoms with Crippen LogP contribution in [0.5, 0.6) is 0 Å². The number of nitrogens with zero attached hydrogens (tertiary/aromatic N) is 2. The molecule has 0 bridgehead atoms. The van der Waals surface area contributed by atoms with Crippen molar-refractivity contribution in [2.24, 2.45) is 0 Å². The molecule has 0 saturated carbocycles. The number of nitrogens with one attached hydrogen (secondary N) is 2. The summed E-state index contributed by atoms with van der Waals surface area (Å²) in [6, 6.07) is 8.68. The molecule has 126 valence electrons. The number of imidazole rings is 1. The second-order valence-electron chi connectivity index (χ2n) is 6.71. The summed E-state index contributed by atoms with van der Waals surface area (Å²) in [5, 5.41) is 5.81. The first-order chi connectivity index (χ1) is 11.8. The van der Waals surface area contributed by atoms with Crippen LogP contribution in [0.3, 0.4) is 0 Å². The maximum absolute atomic E-state index is 4.64. The van der Waals surface area contributed by atoms with Gasteiger partial charge in [-0.3, -0.25) is 4.90 Å². The zero-order valence-corrected chi connectivity index (χ0v) is 15.0. The highest BCUT2D eigenvalue weighted by molar-refractivity contribution is 7.10. The molecule has 3 heterocycles. The highest BCUT2D eigenvalue weighted by atomic mass is 32.1. The second-order valence-corrected chi connectivity index (χ2v) is 7.71. The summed E-state index contributed by atoms with van der Waals surface area (Å²) in [4.78, 5) is 12.0. The number of hydrogen-bond donors (Lipinski definition) is 2. The van der Waals surface area contributed by atoms with Crippen LogP contribution in [0.4, 0.5) is 0 Å². The first-order valence-electron chi connectivity index (χ1n) is 8.71. The van der Waals surface area contributed by atoms with Crippen molar-refractivity contribution in [2.45, 2.75) is 39.4 Å². The van der Waals surface area contributed by atoms with Gasteiger partial charge in [-0.25, -0.2) is 4.98 Å². The Hall–Kier alpha value is -1.69. The molecule has 1 aliphatic rings. The van der Waals surface area contributed by atoms with E-state index in [1.165, 1.54) is 41.9 Å². The van der Waals surface area contributed by atoms with Gasteiger partial charge in [0.05, 0.1) is 17.6 Å². The van der Waals surface area contributed by atoms with E-state index in [2.05, 4.69) is 56.8 Å². The number of aryl methyl sites for hydroxylation is 1. The van der Waals surface area contributed by atoms with E-state index in [-0.39, 0.29) is 0 Å². The monoisotopic (exact) mass is 340 g/mol. The minimum atomic E-state index is 0.771. The Balaban J connectivity index is 1.30. The second kappa shape index (κ2) is 7.05. The summed E-state index contributed by atoms with van der Waals surface area (Å²) < 4.78 is 0. The van der Waals surface area contributed by atoms with E-state index in [0.717, 1.165) is 36.5 Å². The van der Waals surface area contributed by atoms with Crippen LogP contribution in [-0.4, -0.2) is 28.0 Å². The van der Waals surface area contributed by atoms with Crippen LogP contribution in [0.1, 0.15) is 34.7 Å². The fraction of sp³-hybridized carbons (Fsp3) is 0.421. The molecule has 2 aromatic heterocycles. The maximum Gasteiger partial charge on any atom is 0.121 e. The van der Waals surface area contributed by atoms with Crippen LogP contribution >= 0.6 is 11.3 Å². The smallest absolute Gasteiger partial charge is 0.121 e. The molecule has 0 atom stereocenters. The van der Waals surface area contributed by atoms with Gasteiger partial charge in [-0.15, -0.1) is 11.3 Å². The number of benzene rings is 1. The summed E-state index contributed by atoms with van der Waals surface area (Å²) in [5.74, 6) is 1.00. The molecule has 3 aromatic rings. The number of aromatic amines is 1.